The Morgan fingerprint density at radius 1 is 1.44 bits per heavy atom. The van der Waals surface area contributed by atoms with Crippen LogP contribution in [-0.2, 0) is 0 Å². The van der Waals surface area contributed by atoms with Crippen molar-refractivity contribution in [1.29, 1.82) is 0 Å². The Morgan fingerprint density at radius 2 is 2.22 bits per heavy atom. The molecular formula is C13H20N4O. The first kappa shape index (κ1) is 13.0. The maximum atomic E-state index is 12.5. The first-order valence-corrected chi connectivity index (χ1v) is 6.39. The van der Waals surface area contributed by atoms with Crippen LogP contribution in [0.3, 0.4) is 0 Å². The molecule has 0 spiro atoms. The van der Waals surface area contributed by atoms with Crippen molar-refractivity contribution in [3.05, 3.63) is 23.0 Å². The minimum absolute atomic E-state index is 0.0745. The zero-order valence-corrected chi connectivity index (χ0v) is 11.2. The van der Waals surface area contributed by atoms with Gasteiger partial charge in [0.25, 0.3) is 5.91 Å². The Balaban J connectivity index is 2.17. The highest BCUT2D eigenvalue weighted by molar-refractivity contribution is 5.95. The molecule has 98 valence electrons. The third-order valence-electron chi connectivity index (χ3n) is 3.45. The molecule has 1 aromatic heterocycles. The third-order valence-corrected chi connectivity index (χ3v) is 3.45. The first-order valence-electron chi connectivity index (χ1n) is 6.39. The summed E-state index contributed by atoms with van der Waals surface area (Å²) in [5.41, 5.74) is 2.17. The number of hydrogen-bond donors (Lipinski definition) is 1. The number of amides is 1. The molecule has 0 bridgehead atoms. The Bertz CT molecular complexity index is 447. The summed E-state index contributed by atoms with van der Waals surface area (Å²) in [7, 11) is 1.95. The van der Waals surface area contributed by atoms with Crippen molar-refractivity contribution < 1.29 is 4.79 Å². The van der Waals surface area contributed by atoms with Gasteiger partial charge in [-0.15, -0.1) is 0 Å². The molecule has 1 fully saturated rings. The number of aryl methyl sites for hydroxylation is 2. The molecule has 18 heavy (non-hydrogen) atoms. The van der Waals surface area contributed by atoms with Crippen LogP contribution in [-0.4, -0.2) is 47.2 Å². The van der Waals surface area contributed by atoms with E-state index in [4.69, 9.17) is 0 Å². The summed E-state index contributed by atoms with van der Waals surface area (Å²) >= 11 is 0. The zero-order chi connectivity index (χ0) is 13.1. The first-order chi connectivity index (χ1) is 8.61. The standard InChI is InChI=1S/C13H20N4O/c1-9-7-12(10(2)16-15-9)13(18)17-6-4-5-11(8-17)14-3/h7,11,14H,4-6,8H2,1-3H3. The van der Waals surface area contributed by atoms with Gasteiger partial charge >= 0.3 is 0 Å². The van der Waals surface area contributed by atoms with Crippen LogP contribution in [0.1, 0.15) is 34.6 Å². The van der Waals surface area contributed by atoms with E-state index >= 15 is 0 Å². The van der Waals surface area contributed by atoms with Crippen molar-refractivity contribution >= 4 is 5.91 Å². The van der Waals surface area contributed by atoms with E-state index in [0.717, 1.165) is 31.6 Å². The number of aromatic nitrogens is 2. The lowest BCUT2D eigenvalue weighted by atomic mass is 10.0. The summed E-state index contributed by atoms with van der Waals surface area (Å²) in [4.78, 5) is 14.4. The van der Waals surface area contributed by atoms with Gasteiger partial charge in [-0.05, 0) is 39.8 Å². The predicted octanol–water partition coefficient (Wildman–Crippen LogP) is 0.917. The molecule has 1 amide bonds. The summed E-state index contributed by atoms with van der Waals surface area (Å²) < 4.78 is 0. The summed E-state index contributed by atoms with van der Waals surface area (Å²) in [6.07, 6.45) is 2.18. The second-order valence-electron chi connectivity index (χ2n) is 4.86. The SMILES string of the molecule is CNC1CCCN(C(=O)c2cc(C)nnc2C)C1. The van der Waals surface area contributed by atoms with Crippen LogP contribution in [0.5, 0.6) is 0 Å². The van der Waals surface area contributed by atoms with Crippen LogP contribution in [0.25, 0.3) is 0 Å². The predicted molar refractivity (Wildman–Crippen MR) is 69.5 cm³/mol. The van der Waals surface area contributed by atoms with Crippen molar-refractivity contribution in [2.24, 2.45) is 0 Å². The Hall–Kier alpha value is -1.49. The lowest BCUT2D eigenvalue weighted by Crippen LogP contribution is -2.47. The minimum atomic E-state index is 0.0745. The molecule has 2 heterocycles. The highest BCUT2D eigenvalue weighted by Crippen LogP contribution is 2.15. The van der Waals surface area contributed by atoms with Gasteiger partial charge in [-0.25, -0.2) is 0 Å². The quantitative estimate of drug-likeness (QED) is 0.845. The van der Waals surface area contributed by atoms with Gasteiger partial charge < -0.3 is 10.2 Å². The van der Waals surface area contributed by atoms with Gasteiger partial charge in [0.15, 0.2) is 0 Å². The average Bonchev–Trinajstić information content (AvgIpc) is 2.41. The Morgan fingerprint density at radius 3 is 2.94 bits per heavy atom. The zero-order valence-electron chi connectivity index (χ0n) is 11.2. The molecule has 2 rings (SSSR count). The fourth-order valence-electron chi connectivity index (χ4n) is 2.33. The lowest BCUT2D eigenvalue weighted by Gasteiger charge is -2.32. The minimum Gasteiger partial charge on any atom is -0.337 e. The maximum Gasteiger partial charge on any atom is 0.255 e. The van der Waals surface area contributed by atoms with E-state index in [0.29, 0.717) is 17.3 Å². The molecule has 1 unspecified atom stereocenters. The van der Waals surface area contributed by atoms with E-state index < -0.39 is 0 Å². The normalized spacial score (nSPS) is 19.9. The monoisotopic (exact) mass is 248 g/mol. The molecular weight excluding hydrogens is 228 g/mol. The molecule has 1 N–H and O–H groups in total. The van der Waals surface area contributed by atoms with Crippen LogP contribution in [0.4, 0.5) is 0 Å². The van der Waals surface area contributed by atoms with Crippen molar-refractivity contribution in [3.8, 4) is 0 Å². The van der Waals surface area contributed by atoms with Crippen LogP contribution >= 0.6 is 0 Å². The number of likely N-dealkylation sites (N-methyl/N-ethyl adjacent to an activating group) is 1. The van der Waals surface area contributed by atoms with Crippen molar-refractivity contribution in [1.82, 2.24) is 20.4 Å². The van der Waals surface area contributed by atoms with E-state index in [1.165, 1.54) is 0 Å². The molecule has 1 aliphatic heterocycles. The number of piperidine rings is 1. The van der Waals surface area contributed by atoms with Crippen molar-refractivity contribution in [2.75, 3.05) is 20.1 Å². The summed E-state index contributed by atoms with van der Waals surface area (Å²) in [5.74, 6) is 0.0745. The van der Waals surface area contributed by atoms with Crippen molar-refractivity contribution in [2.45, 2.75) is 32.7 Å². The molecule has 1 aliphatic rings. The van der Waals surface area contributed by atoms with Crippen molar-refractivity contribution in [3.63, 3.8) is 0 Å². The molecule has 0 saturated carbocycles. The topological polar surface area (TPSA) is 58.1 Å². The smallest absolute Gasteiger partial charge is 0.255 e. The highest BCUT2D eigenvalue weighted by atomic mass is 16.2. The molecule has 0 aromatic carbocycles. The lowest BCUT2D eigenvalue weighted by molar-refractivity contribution is 0.0696. The summed E-state index contributed by atoms with van der Waals surface area (Å²) in [6.45, 7) is 5.29. The Labute approximate surface area is 108 Å². The van der Waals surface area contributed by atoms with Crippen LogP contribution < -0.4 is 5.32 Å². The molecule has 5 heteroatoms. The largest absolute Gasteiger partial charge is 0.337 e. The van der Waals surface area contributed by atoms with E-state index in [2.05, 4.69) is 15.5 Å². The maximum absolute atomic E-state index is 12.5. The van der Waals surface area contributed by atoms with Gasteiger partial charge in [0.05, 0.1) is 17.0 Å². The van der Waals surface area contributed by atoms with Crippen LogP contribution in [0, 0.1) is 13.8 Å². The average molecular weight is 248 g/mol. The highest BCUT2D eigenvalue weighted by Gasteiger charge is 2.24. The molecule has 0 aliphatic carbocycles. The van der Waals surface area contributed by atoms with Gasteiger partial charge in [0, 0.05) is 19.1 Å². The fraction of sp³-hybridized carbons (Fsp3) is 0.615. The second-order valence-corrected chi connectivity index (χ2v) is 4.86. The number of likely N-dealkylation sites (tertiary alicyclic amines) is 1. The summed E-state index contributed by atoms with van der Waals surface area (Å²) in [6, 6.07) is 2.23. The van der Waals surface area contributed by atoms with E-state index in [-0.39, 0.29) is 5.91 Å². The fourth-order valence-corrected chi connectivity index (χ4v) is 2.33. The molecule has 0 radical (unpaired) electrons. The van der Waals surface area contributed by atoms with Gasteiger partial charge in [0.2, 0.25) is 0 Å². The van der Waals surface area contributed by atoms with E-state index in [1.807, 2.05) is 31.9 Å². The number of rotatable bonds is 2. The Kier molecular flexibility index (Phi) is 3.91. The number of nitrogens with zero attached hydrogens (tertiary/aromatic N) is 3. The molecule has 5 nitrogen and oxygen atoms in total. The molecule has 1 saturated heterocycles. The third kappa shape index (κ3) is 2.67. The van der Waals surface area contributed by atoms with Gasteiger partial charge in [0.1, 0.15) is 0 Å². The summed E-state index contributed by atoms with van der Waals surface area (Å²) in [5, 5.41) is 11.2. The number of nitrogens with one attached hydrogen (secondary N) is 1. The second kappa shape index (κ2) is 5.44. The van der Waals surface area contributed by atoms with E-state index in [1.54, 1.807) is 0 Å². The number of carbonyl (C=O) groups excluding carboxylic acids is 1. The van der Waals surface area contributed by atoms with Gasteiger partial charge in [-0.1, -0.05) is 0 Å². The number of carbonyl (C=O) groups is 1. The van der Waals surface area contributed by atoms with Gasteiger partial charge in [-0.3, -0.25) is 4.79 Å². The van der Waals surface area contributed by atoms with Crippen LogP contribution in [0.15, 0.2) is 6.07 Å². The molecule has 1 atom stereocenters. The molecule has 1 aromatic rings. The number of hydrogen-bond acceptors (Lipinski definition) is 4. The van der Waals surface area contributed by atoms with Crippen LogP contribution in [0.2, 0.25) is 0 Å². The van der Waals surface area contributed by atoms with Gasteiger partial charge in [-0.2, -0.15) is 10.2 Å². The van der Waals surface area contributed by atoms with E-state index in [9.17, 15) is 4.79 Å².